The highest BCUT2D eigenvalue weighted by Crippen LogP contribution is 2.40. The highest BCUT2D eigenvalue weighted by atomic mass is 32.2. The minimum Gasteiger partial charge on any atom is -0.372 e. The van der Waals surface area contributed by atoms with E-state index in [9.17, 15) is 4.79 Å². The molecule has 0 saturated carbocycles. The molecule has 1 amide bonds. The number of hydrogen-bond donors (Lipinski definition) is 0. The van der Waals surface area contributed by atoms with E-state index in [-0.39, 0.29) is 18.1 Å². The molecule has 1 aliphatic heterocycles. The molecular weight excluding hydrogens is 354 g/mol. The number of ether oxygens (including phenoxy) is 1. The molecule has 4 rings (SSSR count). The van der Waals surface area contributed by atoms with Gasteiger partial charge >= 0.3 is 0 Å². The minimum absolute atomic E-state index is 0.103. The molecule has 7 heteroatoms. The average molecular weight is 378 g/mol. The maximum absolute atomic E-state index is 12.7. The van der Waals surface area contributed by atoms with Crippen LogP contribution in [0.25, 0.3) is 10.2 Å². The van der Waals surface area contributed by atoms with Crippen LogP contribution in [0, 0.1) is 6.92 Å². The van der Waals surface area contributed by atoms with Crippen LogP contribution in [0.5, 0.6) is 0 Å². The number of carbonyl (C=O) groups is 1. The van der Waals surface area contributed by atoms with Gasteiger partial charge in [-0.3, -0.25) is 4.79 Å². The molecule has 134 valence electrons. The summed E-state index contributed by atoms with van der Waals surface area (Å²) in [6.45, 7) is 7.33. The van der Waals surface area contributed by atoms with Gasteiger partial charge in [0.1, 0.15) is 15.7 Å². The summed E-state index contributed by atoms with van der Waals surface area (Å²) in [4.78, 5) is 26.4. The Morgan fingerprint density at radius 2 is 2.04 bits per heavy atom. The summed E-state index contributed by atoms with van der Waals surface area (Å²) in [5.41, 5.74) is 1.42. The third-order valence-corrected chi connectivity index (χ3v) is 6.89. The summed E-state index contributed by atoms with van der Waals surface area (Å²) >= 11 is 3.36. The van der Waals surface area contributed by atoms with Crippen molar-refractivity contribution in [2.45, 2.75) is 57.3 Å². The first-order chi connectivity index (χ1) is 12.0. The molecule has 5 nitrogen and oxygen atoms in total. The van der Waals surface area contributed by atoms with E-state index >= 15 is 0 Å². The summed E-state index contributed by atoms with van der Waals surface area (Å²) in [6.07, 6.45) is 3.69. The molecule has 25 heavy (non-hydrogen) atoms. The van der Waals surface area contributed by atoms with Crippen LogP contribution in [-0.4, -0.2) is 51.8 Å². The summed E-state index contributed by atoms with van der Waals surface area (Å²) in [7, 11) is 0. The number of thiophene rings is 1. The number of fused-ring (bicyclic) bond motifs is 3. The molecule has 2 aromatic rings. The number of nitrogens with zero attached hydrogens (tertiary/aromatic N) is 3. The minimum atomic E-state index is 0.103. The number of morpholine rings is 1. The highest BCUT2D eigenvalue weighted by Gasteiger charge is 2.27. The van der Waals surface area contributed by atoms with Gasteiger partial charge in [0, 0.05) is 23.4 Å². The summed E-state index contributed by atoms with van der Waals surface area (Å²) in [6, 6.07) is 0. The summed E-state index contributed by atoms with van der Waals surface area (Å²) in [5.74, 6) is 1.38. The topological polar surface area (TPSA) is 55.3 Å². The fraction of sp³-hybridized carbons (Fsp3) is 0.611. The van der Waals surface area contributed by atoms with Crippen LogP contribution in [0.15, 0.2) is 5.03 Å². The van der Waals surface area contributed by atoms with Crippen molar-refractivity contribution in [1.29, 1.82) is 0 Å². The zero-order valence-electron chi connectivity index (χ0n) is 14.9. The van der Waals surface area contributed by atoms with Gasteiger partial charge in [0.25, 0.3) is 0 Å². The number of hydrogen-bond acceptors (Lipinski definition) is 6. The first-order valence-electron chi connectivity index (χ1n) is 8.86. The molecule has 2 aromatic heterocycles. The van der Waals surface area contributed by atoms with Gasteiger partial charge in [-0.15, -0.1) is 11.3 Å². The number of thioether (sulfide) groups is 1. The quantitative estimate of drug-likeness (QED) is 0.607. The Labute approximate surface area is 156 Å². The molecule has 3 heterocycles. The van der Waals surface area contributed by atoms with Crippen LogP contribution in [0.3, 0.4) is 0 Å². The number of aryl methyl sites for hydroxylation is 3. The Balaban J connectivity index is 1.54. The molecule has 0 aromatic carbocycles. The van der Waals surface area contributed by atoms with Crippen molar-refractivity contribution in [2.75, 3.05) is 18.8 Å². The molecule has 1 saturated heterocycles. The summed E-state index contributed by atoms with van der Waals surface area (Å²) in [5, 5.41) is 2.18. The third kappa shape index (κ3) is 3.41. The predicted molar refractivity (Wildman–Crippen MR) is 101 cm³/mol. The number of carbonyl (C=O) groups excluding carboxylic acids is 1. The average Bonchev–Trinajstić information content (AvgIpc) is 3.11. The number of aromatic nitrogens is 2. The Morgan fingerprint density at radius 3 is 2.80 bits per heavy atom. The van der Waals surface area contributed by atoms with E-state index in [2.05, 4.69) is 9.97 Å². The number of amides is 1. The second-order valence-electron chi connectivity index (χ2n) is 6.96. The van der Waals surface area contributed by atoms with Crippen LogP contribution < -0.4 is 0 Å². The summed E-state index contributed by atoms with van der Waals surface area (Å²) < 4.78 is 5.72. The van der Waals surface area contributed by atoms with Crippen LogP contribution in [-0.2, 0) is 22.4 Å². The standard InChI is InChI=1S/C18H23N3O2S2/c1-10-7-21(8-11(2)23-10)15(22)9-24-17-16-13-5-4-6-14(13)25-18(16)20-12(3)19-17/h10-11H,4-9H2,1-3H3/t10-,11+. The Hall–Kier alpha value is -1.18. The fourth-order valence-electron chi connectivity index (χ4n) is 3.77. The van der Waals surface area contributed by atoms with E-state index in [1.807, 2.05) is 25.7 Å². The van der Waals surface area contributed by atoms with Gasteiger partial charge in [-0.2, -0.15) is 0 Å². The lowest BCUT2D eigenvalue weighted by atomic mass is 10.2. The van der Waals surface area contributed by atoms with Crippen LogP contribution in [0.2, 0.25) is 0 Å². The van der Waals surface area contributed by atoms with Crippen molar-refractivity contribution in [3.05, 3.63) is 16.3 Å². The lowest BCUT2D eigenvalue weighted by Gasteiger charge is -2.35. The van der Waals surface area contributed by atoms with Crippen molar-refractivity contribution >= 4 is 39.2 Å². The molecule has 0 N–H and O–H groups in total. The van der Waals surface area contributed by atoms with E-state index in [1.54, 1.807) is 23.1 Å². The van der Waals surface area contributed by atoms with E-state index < -0.39 is 0 Å². The monoisotopic (exact) mass is 377 g/mol. The zero-order valence-corrected chi connectivity index (χ0v) is 16.5. The van der Waals surface area contributed by atoms with Crippen molar-refractivity contribution in [3.63, 3.8) is 0 Å². The maximum atomic E-state index is 12.7. The normalized spacial score (nSPS) is 23.2. The van der Waals surface area contributed by atoms with Crippen molar-refractivity contribution in [3.8, 4) is 0 Å². The van der Waals surface area contributed by atoms with Gasteiger partial charge in [0.15, 0.2) is 0 Å². The first-order valence-corrected chi connectivity index (χ1v) is 10.7. The third-order valence-electron chi connectivity index (χ3n) is 4.75. The SMILES string of the molecule is Cc1nc(SCC(=O)N2C[C@@H](C)O[C@@H](C)C2)c2c3c(sc2n1)CCC3. The molecule has 2 atom stereocenters. The molecule has 0 unspecified atom stereocenters. The second kappa shape index (κ2) is 6.85. The molecule has 1 aliphatic carbocycles. The van der Waals surface area contributed by atoms with Crippen LogP contribution in [0.4, 0.5) is 0 Å². The molecule has 0 radical (unpaired) electrons. The lowest BCUT2D eigenvalue weighted by Crippen LogP contribution is -2.48. The van der Waals surface area contributed by atoms with Gasteiger partial charge in [-0.25, -0.2) is 9.97 Å². The number of rotatable bonds is 3. The van der Waals surface area contributed by atoms with Crippen molar-refractivity contribution in [1.82, 2.24) is 14.9 Å². The molecular formula is C18H23N3O2S2. The van der Waals surface area contributed by atoms with Gasteiger partial charge in [-0.1, -0.05) is 11.8 Å². The smallest absolute Gasteiger partial charge is 0.233 e. The van der Waals surface area contributed by atoms with E-state index in [1.165, 1.54) is 22.2 Å². The van der Waals surface area contributed by atoms with Crippen LogP contribution in [0.1, 0.15) is 36.5 Å². The van der Waals surface area contributed by atoms with Gasteiger partial charge < -0.3 is 9.64 Å². The Morgan fingerprint density at radius 1 is 1.28 bits per heavy atom. The van der Waals surface area contributed by atoms with Crippen LogP contribution >= 0.6 is 23.1 Å². The van der Waals surface area contributed by atoms with Crippen molar-refractivity contribution < 1.29 is 9.53 Å². The largest absolute Gasteiger partial charge is 0.372 e. The van der Waals surface area contributed by atoms with Gasteiger partial charge in [0.05, 0.1) is 18.0 Å². The molecule has 0 bridgehead atoms. The van der Waals surface area contributed by atoms with Crippen molar-refractivity contribution in [2.24, 2.45) is 0 Å². The lowest BCUT2D eigenvalue weighted by molar-refractivity contribution is -0.140. The van der Waals surface area contributed by atoms with E-state index in [0.29, 0.717) is 18.8 Å². The van der Waals surface area contributed by atoms with E-state index in [4.69, 9.17) is 4.74 Å². The second-order valence-corrected chi connectivity index (χ2v) is 9.01. The van der Waals surface area contributed by atoms with E-state index in [0.717, 1.165) is 28.5 Å². The predicted octanol–water partition coefficient (Wildman–Crippen LogP) is 3.22. The highest BCUT2D eigenvalue weighted by molar-refractivity contribution is 8.00. The fourth-order valence-corrected chi connectivity index (χ4v) is 6.15. The van der Waals surface area contributed by atoms with Gasteiger partial charge in [0.2, 0.25) is 5.91 Å². The maximum Gasteiger partial charge on any atom is 0.233 e. The first kappa shape index (κ1) is 17.2. The molecule has 2 aliphatic rings. The Kier molecular flexibility index (Phi) is 4.73. The zero-order chi connectivity index (χ0) is 17.6. The molecule has 0 spiro atoms. The van der Waals surface area contributed by atoms with Gasteiger partial charge in [-0.05, 0) is 45.6 Å². The molecule has 1 fully saturated rings. The Bertz CT molecular complexity index is 810.